The maximum absolute atomic E-state index is 12.4. The van der Waals surface area contributed by atoms with Gasteiger partial charge in [-0.3, -0.25) is 14.5 Å². The molecule has 1 saturated heterocycles. The molecule has 1 fully saturated rings. The van der Waals surface area contributed by atoms with E-state index in [-0.39, 0.29) is 37.4 Å². The zero-order chi connectivity index (χ0) is 18.9. The van der Waals surface area contributed by atoms with Crippen molar-refractivity contribution in [2.45, 2.75) is 31.3 Å². The average Bonchev–Trinajstić information content (AvgIpc) is 2.90. The molecule has 2 rings (SSSR count). The van der Waals surface area contributed by atoms with Gasteiger partial charge >= 0.3 is 6.03 Å². The molecule has 0 aromatic heterocycles. The Bertz CT molecular complexity index is 626. The number of imide groups is 1. The van der Waals surface area contributed by atoms with E-state index in [1.165, 1.54) is 0 Å². The van der Waals surface area contributed by atoms with E-state index in [9.17, 15) is 19.5 Å². The highest BCUT2D eigenvalue weighted by atomic mass is 32.2. The lowest BCUT2D eigenvalue weighted by molar-refractivity contribution is -0.131. The second-order valence-electron chi connectivity index (χ2n) is 6.16. The van der Waals surface area contributed by atoms with Crippen LogP contribution in [0.25, 0.3) is 0 Å². The summed E-state index contributed by atoms with van der Waals surface area (Å²) in [5, 5.41) is 14.6. The van der Waals surface area contributed by atoms with Crippen molar-refractivity contribution >= 4 is 29.6 Å². The van der Waals surface area contributed by atoms with Gasteiger partial charge in [0.1, 0.15) is 6.04 Å². The predicted molar refractivity (Wildman–Crippen MR) is 101 cm³/mol. The molecule has 1 aromatic carbocycles. The number of carbonyl (C=O) groups is 3. The number of amides is 4. The molecule has 3 N–H and O–H groups in total. The van der Waals surface area contributed by atoms with E-state index in [1.807, 2.05) is 36.6 Å². The van der Waals surface area contributed by atoms with Crippen LogP contribution in [-0.4, -0.2) is 65.1 Å². The first-order valence-electron chi connectivity index (χ1n) is 8.60. The van der Waals surface area contributed by atoms with Crippen molar-refractivity contribution in [3.8, 4) is 0 Å². The monoisotopic (exact) mass is 379 g/mol. The van der Waals surface area contributed by atoms with Crippen LogP contribution in [0, 0.1) is 0 Å². The van der Waals surface area contributed by atoms with E-state index >= 15 is 0 Å². The topological polar surface area (TPSA) is 98.7 Å². The molecule has 0 spiro atoms. The molecule has 4 amide bonds. The Hall–Kier alpha value is -2.06. The first-order valence-corrected chi connectivity index (χ1v) is 9.99. The summed E-state index contributed by atoms with van der Waals surface area (Å²) in [5.41, 5.74) is 1.04. The number of nitrogens with one attached hydrogen (secondary N) is 2. The van der Waals surface area contributed by atoms with Gasteiger partial charge in [0.05, 0.1) is 19.1 Å². The first-order chi connectivity index (χ1) is 12.5. The van der Waals surface area contributed by atoms with Crippen molar-refractivity contribution in [1.29, 1.82) is 0 Å². The lowest BCUT2D eigenvalue weighted by Gasteiger charge is -2.17. The molecule has 1 aliphatic heterocycles. The van der Waals surface area contributed by atoms with Crippen molar-refractivity contribution in [2.75, 3.05) is 25.2 Å². The minimum Gasteiger partial charge on any atom is -0.394 e. The maximum atomic E-state index is 12.4. The summed E-state index contributed by atoms with van der Waals surface area (Å²) >= 11 is 1.63. The number of aliphatic hydroxyl groups excluding tert-OH is 1. The third-order valence-electron chi connectivity index (χ3n) is 4.22. The fraction of sp³-hybridized carbons (Fsp3) is 0.500. The van der Waals surface area contributed by atoms with Crippen LogP contribution in [0.3, 0.4) is 0 Å². The molecular formula is C18H25N3O4S. The lowest BCUT2D eigenvalue weighted by Crippen LogP contribution is -2.42. The van der Waals surface area contributed by atoms with Gasteiger partial charge in [0.2, 0.25) is 5.91 Å². The molecule has 0 bridgehead atoms. The van der Waals surface area contributed by atoms with E-state index in [0.717, 1.165) is 16.2 Å². The third-order valence-corrected chi connectivity index (χ3v) is 4.86. The van der Waals surface area contributed by atoms with Gasteiger partial charge in [-0.25, -0.2) is 4.79 Å². The predicted octanol–water partition coefficient (Wildman–Crippen LogP) is 0.770. The maximum Gasteiger partial charge on any atom is 0.324 e. The Labute approximate surface area is 157 Å². The van der Waals surface area contributed by atoms with Gasteiger partial charge in [0, 0.05) is 6.54 Å². The van der Waals surface area contributed by atoms with Crippen molar-refractivity contribution < 1.29 is 19.5 Å². The number of benzene rings is 1. The molecule has 26 heavy (non-hydrogen) atoms. The average molecular weight is 379 g/mol. The largest absolute Gasteiger partial charge is 0.394 e. The third kappa shape index (κ3) is 5.74. The second kappa shape index (κ2) is 10.2. The number of nitrogens with zero attached hydrogens (tertiary/aromatic N) is 1. The van der Waals surface area contributed by atoms with E-state index in [4.69, 9.17) is 0 Å². The molecule has 142 valence electrons. The molecule has 1 aromatic rings. The second-order valence-corrected chi connectivity index (χ2v) is 7.15. The number of hydrogen-bond acceptors (Lipinski definition) is 5. The summed E-state index contributed by atoms with van der Waals surface area (Å²) in [5.74, 6) is 0.0807. The molecule has 2 atom stereocenters. The van der Waals surface area contributed by atoms with E-state index in [0.29, 0.717) is 12.8 Å². The lowest BCUT2D eigenvalue weighted by atomic mass is 10.1. The highest BCUT2D eigenvalue weighted by Gasteiger charge is 2.38. The van der Waals surface area contributed by atoms with Crippen LogP contribution >= 0.6 is 11.8 Å². The Morgan fingerprint density at radius 2 is 2.08 bits per heavy atom. The van der Waals surface area contributed by atoms with Gasteiger partial charge in [0.25, 0.3) is 5.91 Å². The van der Waals surface area contributed by atoms with Crippen molar-refractivity contribution in [2.24, 2.45) is 0 Å². The van der Waals surface area contributed by atoms with Crippen LogP contribution in [0.5, 0.6) is 0 Å². The number of hydrogen-bond donors (Lipinski definition) is 3. The molecule has 1 aliphatic rings. The van der Waals surface area contributed by atoms with Crippen molar-refractivity contribution in [3.05, 3.63) is 35.9 Å². The molecule has 0 unspecified atom stereocenters. The van der Waals surface area contributed by atoms with Crippen molar-refractivity contribution in [1.82, 2.24) is 15.5 Å². The Morgan fingerprint density at radius 1 is 1.35 bits per heavy atom. The molecular weight excluding hydrogens is 354 g/mol. The Morgan fingerprint density at radius 3 is 2.73 bits per heavy atom. The van der Waals surface area contributed by atoms with Gasteiger partial charge in [0.15, 0.2) is 0 Å². The fourth-order valence-corrected chi connectivity index (χ4v) is 3.27. The summed E-state index contributed by atoms with van der Waals surface area (Å²) in [4.78, 5) is 37.7. The van der Waals surface area contributed by atoms with Crippen LogP contribution in [0.1, 0.15) is 18.4 Å². The Balaban J connectivity index is 1.84. The van der Waals surface area contributed by atoms with Gasteiger partial charge in [-0.15, -0.1) is 0 Å². The van der Waals surface area contributed by atoms with Gasteiger partial charge in [-0.05, 0) is 30.4 Å². The SMILES string of the molecule is CSCC[C@@H](CO)NC(=O)C[C@H]1NC(=O)N(CCc2ccccc2)C1=O. The standard InChI is InChI=1S/C18H25N3O4S/c1-26-10-8-14(12-22)19-16(23)11-15-17(24)21(18(25)20-15)9-7-13-5-3-2-4-6-13/h2-6,14-15,22H,7-12H2,1H3,(H,19,23)(H,20,25)/t14-,15+/m0/s1. The van der Waals surface area contributed by atoms with Crippen molar-refractivity contribution in [3.63, 3.8) is 0 Å². The highest BCUT2D eigenvalue weighted by molar-refractivity contribution is 7.98. The summed E-state index contributed by atoms with van der Waals surface area (Å²) < 4.78 is 0. The number of rotatable bonds is 10. The summed E-state index contributed by atoms with van der Waals surface area (Å²) in [6, 6.07) is 7.94. The zero-order valence-corrected chi connectivity index (χ0v) is 15.6. The summed E-state index contributed by atoms with van der Waals surface area (Å²) in [6.07, 6.45) is 3.05. The van der Waals surface area contributed by atoms with Gasteiger partial charge in [-0.1, -0.05) is 30.3 Å². The van der Waals surface area contributed by atoms with Gasteiger partial charge < -0.3 is 15.7 Å². The Kier molecular flexibility index (Phi) is 7.93. The van der Waals surface area contributed by atoms with Crippen LogP contribution in [0.2, 0.25) is 0 Å². The fourth-order valence-electron chi connectivity index (χ4n) is 2.75. The minimum atomic E-state index is -0.849. The van der Waals surface area contributed by atoms with Crippen LogP contribution in [-0.2, 0) is 16.0 Å². The number of thioether (sulfide) groups is 1. The van der Waals surface area contributed by atoms with Crippen LogP contribution in [0.15, 0.2) is 30.3 Å². The summed E-state index contributed by atoms with van der Waals surface area (Å²) in [6.45, 7) is 0.125. The summed E-state index contributed by atoms with van der Waals surface area (Å²) in [7, 11) is 0. The zero-order valence-electron chi connectivity index (χ0n) is 14.8. The molecule has 0 saturated carbocycles. The van der Waals surface area contributed by atoms with Gasteiger partial charge in [-0.2, -0.15) is 11.8 Å². The number of urea groups is 1. The minimum absolute atomic E-state index is 0.123. The van der Waals surface area contributed by atoms with E-state index in [1.54, 1.807) is 11.8 Å². The first kappa shape index (κ1) is 20.3. The number of carbonyl (C=O) groups excluding carboxylic acids is 3. The molecule has 1 heterocycles. The highest BCUT2D eigenvalue weighted by Crippen LogP contribution is 2.12. The smallest absolute Gasteiger partial charge is 0.324 e. The van der Waals surface area contributed by atoms with E-state index < -0.39 is 12.1 Å². The van der Waals surface area contributed by atoms with Crippen LogP contribution < -0.4 is 10.6 Å². The van der Waals surface area contributed by atoms with Crippen LogP contribution in [0.4, 0.5) is 4.79 Å². The van der Waals surface area contributed by atoms with E-state index in [2.05, 4.69) is 10.6 Å². The molecule has 0 aliphatic carbocycles. The molecule has 0 radical (unpaired) electrons. The quantitative estimate of drug-likeness (QED) is 0.522. The normalized spacial score (nSPS) is 17.9. The molecule has 7 nitrogen and oxygen atoms in total. The molecule has 8 heteroatoms. The number of aliphatic hydroxyl groups is 1.